The maximum absolute atomic E-state index is 11.8. The molecular weight excluding hydrogens is 300 g/mol. The van der Waals surface area contributed by atoms with Crippen LogP contribution in [0.5, 0.6) is 0 Å². The lowest BCUT2D eigenvalue weighted by Crippen LogP contribution is -2.40. The number of hydrogen-bond acceptors (Lipinski definition) is 6. The third-order valence-electron chi connectivity index (χ3n) is 3.92. The Bertz CT molecular complexity index is 603. The summed E-state index contributed by atoms with van der Waals surface area (Å²) in [5.74, 6) is 1.60. The molecule has 0 atom stereocenters. The van der Waals surface area contributed by atoms with Gasteiger partial charge in [0.25, 0.3) is 0 Å². The summed E-state index contributed by atoms with van der Waals surface area (Å²) in [7, 11) is 0. The Labute approximate surface area is 133 Å². The summed E-state index contributed by atoms with van der Waals surface area (Å²) < 4.78 is 5.33. The van der Waals surface area contributed by atoms with E-state index >= 15 is 0 Å². The number of carbonyl (C=O) groups excluding carboxylic acids is 1. The Hall–Kier alpha value is -1.73. The van der Waals surface area contributed by atoms with Gasteiger partial charge in [0.15, 0.2) is 0 Å². The van der Waals surface area contributed by atoms with E-state index in [4.69, 9.17) is 4.52 Å². The van der Waals surface area contributed by atoms with Crippen LogP contribution in [0.3, 0.4) is 0 Å². The van der Waals surface area contributed by atoms with Crippen molar-refractivity contribution in [2.45, 2.75) is 26.3 Å². The molecule has 0 radical (unpaired) electrons. The van der Waals surface area contributed by atoms with E-state index in [1.54, 1.807) is 11.3 Å². The monoisotopic (exact) mass is 320 g/mol. The summed E-state index contributed by atoms with van der Waals surface area (Å²) in [6.07, 6.45) is 1.77. The quantitative estimate of drug-likeness (QED) is 0.914. The van der Waals surface area contributed by atoms with E-state index in [0.717, 1.165) is 31.5 Å². The fourth-order valence-electron chi connectivity index (χ4n) is 2.69. The van der Waals surface area contributed by atoms with Crippen molar-refractivity contribution in [2.75, 3.05) is 19.6 Å². The molecule has 118 valence electrons. The van der Waals surface area contributed by atoms with E-state index in [-0.39, 0.29) is 11.8 Å². The molecule has 1 N–H and O–H groups in total. The highest BCUT2D eigenvalue weighted by atomic mass is 32.1. The second-order valence-electron chi connectivity index (χ2n) is 5.47. The van der Waals surface area contributed by atoms with Crippen LogP contribution < -0.4 is 5.32 Å². The average Bonchev–Trinajstić information content (AvgIpc) is 3.19. The molecule has 1 saturated heterocycles. The van der Waals surface area contributed by atoms with Crippen molar-refractivity contribution in [3.63, 3.8) is 0 Å². The fourth-order valence-corrected chi connectivity index (χ4v) is 3.33. The van der Waals surface area contributed by atoms with Crippen molar-refractivity contribution in [1.82, 2.24) is 20.4 Å². The summed E-state index contributed by atoms with van der Waals surface area (Å²) in [5, 5.41) is 10.9. The molecule has 0 unspecified atom stereocenters. The zero-order valence-electron chi connectivity index (χ0n) is 12.6. The van der Waals surface area contributed by atoms with Crippen LogP contribution in [0.1, 0.15) is 25.7 Å². The minimum absolute atomic E-state index is 0.139. The van der Waals surface area contributed by atoms with E-state index in [2.05, 4.69) is 20.4 Å². The van der Waals surface area contributed by atoms with Crippen molar-refractivity contribution < 1.29 is 9.32 Å². The average molecular weight is 320 g/mol. The molecule has 0 spiro atoms. The molecule has 2 aromatic rings. The number of amides is 1. The molecule has 2 aromatic heterocycles. The Morgan fingerprint density at radius 3 is 3.00 bits per heavy atom. The number of carbonyl (C=O) groups is 1. The minimum Gasteiger partial charge on any atom is -0.356 e. The number of thiophene rings is 1. The van der Waals surface area contributed by atoms with Gasteiger partial charge < -0.3 is 9.84 Å². The van der Waals surface area contributed by atoms with Gasteiger partial charge in [-0.2, -0.15) is 16.3 Å². The zero-order valence-corrected chi connectivity index (χ0v) is 13.4. The van der Waals surface area contributed by atoms with Crippen molar-refractivity contribution in [3.05, 3.63) is 22.7 Å². The first-order chi connectivity index (χ1) is 10.8. The van der Waals surface area contributed by atoms with Crippen LogP contribution in [0.2, 0.25) is 0 Å². The number of nitrogens with one attached hydrogen (secondary N) is 1. The summed E-state index contributed by atoms with van der Waals surface area (Å²) in [6.45, 7) is 5.08. The van der Waals surface area contributed by atoms with Crippen molar-refractivity contribution >= 4 is 17.2 Å². The minimum atomic E-state index is 0.139. The third kappa shape index (κ3) is 3.53. The molecule has 1 aliphatic rings. The van der Waals surface area contributed by atoms with Crippen molar-refractivity contribution in [1.29, 1.82) is 0 Å². The van der Waals surface area contributed by atoms with Gasteiger partial charge in [-0.15, -0.1) is 0 Å². The molecule has 1 fully saturated rings. The van der Waals surface area contributed by atoms with Crippen LogP contribution in [0.4, 0.5) is 0 Å². The number of rotatable bonds is 5. The second kappa shape index (κ2) is 7.02. The smallest absolute Gasteiger partial charge is 0.241 e. The van der Waals surface area contributed by atoms with Crippen LogP contribution in [0.25, 0.3) is 11.4 Å². The first-order valence-electron chi connectivity index (χ1n) is 7.61. The van der Waals surface area contributed by atoms with Gasteiger partial charge in [0.2, 0.25) is 17.6 Å². The molecule has 0 bridgehead atoms. The lowest BCUT2D eigenvalue weighted by molar-refractivity contribution is -0.126. The molecule has 0 saturated carbocycles. The van der Waals surface area contributed by atoms with Crippen LogP contribution in [-0.2, 0) is 11.3 Å². The van der Waals surface area contributed by atoms with E-state index < -0.39 is 0 Å². The predicted molar refractivity (Wildman–Crippen MR) is 84.3 cm³/mol. The van der Waals surface area contributed by atoms with Gasteiger partial charge in [0.1, 0.15) is 0 Å². The van der Waals surface area contributed by atoms with Crippen molar-refractivity contribution in [2.24, 2.45) is 5.92 Å². The topological polar surface area (TPSA) is 71.3 Å². The van der Waals surface area contributed by atoms with Crippen LogP contribution >= 0.6 is 11.3 Å². The van der Waals surface area contributed by atoms with Gasteiger partial charge in [0.05, 0.1) is 6.54 Å². The summed E-state index contributed by atoms with van der Waals surface area (Å²) >= 11 is 1.62. The van der Waals surface area contributed by atoms with E-state index in [1.807, 2.05) is 23.8 Å². The van der Waals surface area contributed by atoms with Crippen LogP contribution in [-0.4, -0.2) is 40.6 Å². The first-order valence-corrected chi connectivity index (χ1v) is 8.55. The molecule has 22 heavy (non-hydrogen) atoms. The Morgan fingerprint density at radius 1 is 1.50 bits per heavy atom. The molecule has 1 aliphatic heterocycles. The summed E-state index contributed by atoms with van der Waals surface area (Å²) in [6, 6.07) is 1.98. The molecular formula is C15H20N4O2S. The van der Waals surface area contributed by atoms with Gasteiger partial charge in [-0.05, 0) is 44.3 Å². The van der Waals surface area contributed by atoms with Crippen LogP contribution in [0.15, 0.2) is 21.3 Å². The second-order valence-corrected chi connectivity index (χ2v) is 6.25. The van der Waals surface area contributed by atoms with Crippen LogP contribution in [0, 0.1) is 5.92 Å². The maximum Gasteiger partial charge on any atom is 0.241 e. The molecule has 1 amide bonds. The summed E-state index contributed by atoms with van der Waals surface area (Å²) in [5.41, 5.74) is 0.995. The van der Waals surface area contributed by atoms with E-state index in [1.165, 1.54) is 0 Å². The lowest BCUT2D eigenvalue weighted by Gasteiger charge is -2.30. The molecule has 0 aromatic carbocycles. The Morgan fingerprint density at radius 2 is 2.32 bits per heavy atom. The first kappa shape index (κ1) is 15.2. The summed E-state index contributed by atoms with van der Waals surface area (Å²) in [4.78, 5) is 18.5. The fraction of sp³-hybridized carbons (Fsp3) is 0.533. The number of piperidine rings is 1. The highest BCUT2D eigenvalue weighted by Crippen LogP contribution is 2.21. The standard InChI is InChI=1S/C15H20N4O2S/c1-2-16-15(20)11-3-6-19(7-4-11)9-13-17-14(18-21-13)12-5-8-22-10-12/h5,8,10-11H,2-4,6-7,9H2,1H3,(H,16,20). The van der Waals surface area contributed by atoms with Gasteiger partial charge in [0, 0.05) is 23.4 Å². The van der Waals surface area contributed by atoms with Gasteiger partial charge in [-0.3, -0.25) is 9.69 Å². The van der Waals surface area contributed by atoms with E-state index in [9.17, 15) is 4.79 Å². The highest BCUT2D eigenvalue weighted by molar-refractivity contribution is 7.08. The number of hydrogen-bond donors (Lipinski definition) is 1. The number of nitrogens with zero attached hydrogens (tertiary/aromatic N) is 3. The maximum atomic E-state index is 11.8. The van der Waals surface area contributed by atoms with Gasteiger partial charge in [-0.1, -0.05) is 5.16 Å². The lowest BCUT2D eigenvalue weighted by atomic mass is 9.96. The largest absolute Gasteiger partial charge is 0.356 e. The normalized spacial score (nSPS) is 16.8. The third-order valence-corrected chi connectivity index (χ3v) is 4.60. The number of likely N-dealkylation sites (tertiary alicyclic amines) is 1. The molecule has 7 heteroatoms. The van der Waals surface area contributed by atoms with Gasteiger partial charge in [-0.25, -0.2) is 0 Å². The Balaban J connectivity index is 1.52. The predicted octanol–water partition coefficient (Wildman–Crippen LogP) is 2.15. The SMILES string of the molecule is CCNC(=O)C1CCN(Cc2nc(-c3ccsc3)no2)CC1. The molecule has 3 heterocycles. The molecule has 3 rings (SSSR count). The van der Waals surface area contributed by atoms with Crippen molar-refractivity contribution in [3.8, 4) is 11.4 Å². The Kier molecular flexibility index (Phi) is 4.84. The molecule has 0 aliphatic carbocycles. The van der Waals surface area contributed by atoms with E-state index in [0.29, 0.717) is 24.8 Å². The molecule has 6 nitrogen and oxygen atoms in total. The number of aromatic nitrogens is 2. The van der Waals surface area contributed by atoms with Gasteiger partial charge >= 0.3 is 0 Å². The zero-order chi connectivity index (χ0) is 15.4. The highest BCUT2D eigenvalue weighted by Gasteiger charge is 2.25.